The highest BCUT2D eigenvalue weighted by Crippen LogP contribution is 2.25. The molecule has 2 heterocycles. The third-order valence-electron chi connectivity index (χ3n) is 2.48. The van der Waals surface area contributed by atoms with Crippen LogP contribution in [0.25, 0.3) is 11.4 Å². The van der Waals surface area contributed by atoms with Gasteiger partial charge in [0.1, 0.15) is 17.2 Å². The van der Waals surface area contributed by atoms with Crippen molar-refractivity contribution in [1.82, 2.24) is 9.97 Å². The zero-order valence-corrected chi connectivity index (χ0v) is 11.2. The summed E-state index contributed by atoms with van der Waals surface area (Å²) in [6, 6.07) is 6.79. The highest BCUT2D eigenvalue weighted by atomic mass is 32.2. The Labute approximate surface area is 113 Å². The van der Waals surface area contributed by atoms with Crippen molar-refractivity contribution in [3.8, 4) is 17.1 Å². The van der Waals surface area contributed by atoms with Gasteiger partial charge in [-0.25, -0.2) is 9.37 Å². The van der Waals surface area contributed by atoms with Gasteiger partial charge in [0.2, 0.25) is 6.86 Å². The quantitative estimate of drug-likeness (QED) is 0.790. The fourth-order valence-electron chi connectivity index (χ4n) is 1.59. The van der Waals surface area contributed by atoms with Gasteiger partial charge in [-0.15, -0.1) is 0 Å². The number of hydrogen-bond acceptors (Lipinski definition) is 4. The second-order valence-corrected chi connectivity index (χ2v) is 5.33. The van der Waals surface area contributed by atoms with E-state index in [4.69, 9.17) is 0 Å². The van der Waals surface area contributed by atoms with E-state index in [2.05, 4.69) is 14.7 Å². The van der Waals surface area contributed by atoms with Gasteiger partial charge in [0, 0.05) is 6.20 Å². The molecule has 2 rings (SSSR count). The summed E-state index contributed by atoms with van der Waals surface area (Å²) < 4.78 is 28.6. The maximum absolute atomic E-state index is 12.0. The average Bonchev–Trinajstić information content (AvgIpc) is 2.47. The van der Waals surface area contributed by atoms with Gasteiger partial charge in [0.05, 0.1) is 11.9 Å². The summed E-state index contributed by atoms with van der Waals surface area (Å²) in [6.45, 7) is 0.953. The Morgan fingerprint density at radius 1 is 1.32 bits per heavy atom. The predicted octanol–water partition coefficient (Wildman–Crippen LogP) is 2.58. The SMILES string of the molecule is CC[S+]([O-])c1cccnc1-c1ccc(OCF)cn1. The minimum Gasteiger partial charge on any atom is -0.611 e. The molecule has 0 aromatic carbocycles. The van der Waals surface area contributed by atoms with Crippen LogP contribution in [0.1, 0.15) is 6.92 Å². The molecule has 0 radical (unpaired) electrons. The van der Waals surface area contributed by atoms with Crippen molar-refractivity contribution in [2.45, 2.75) is 11.8 Å². The van der Waals surface area contributed by atoms with E-state index in [-0.39, 0.29) is 0 Å². The molecule has 100 valence electrons. The minimum absolute atomic E-state index is 0.348. The minimum atomic E-state index is -1.10. The van der Waals surface area contributed by atoms with Crippen LogP contribution in [0.5, 0.6) is 5.75 Å². The third kappa shape index (κ3) is 3.21. The number of halogens is 1. The smallest absolute Gasteiger partial charge is 0.228 e. The van der Waals surface area contributed by atoms with E-state index in [1.807, 2.05) is 6.92 Å². The first kappa shape index (κ1) is 13.8. The number of nitrogens with zero attached hydrogens (tertiary/aromatic N) is 2. The maximum atomic E-state index is 12.0. The second kappa shape index (κ2) is 6.49. The summed E-state index contributed by atoms with van der Waals surface area (Å²) >= 11 is -1.10. The molecule has 0 bridgehead atoms. The lowest BCUT2D eigenvalue weighted by atomic mass is 10.2. The van der Waals surface area contributed by atoms with Gasteiger partial charge >= 0.3 is 0 Å². The standard InChI is InChI=1S/C13H13FN2O2S/c1-2-19(17)12-4-3-7-15-13(12)11-6-5-10(8-16-11)18-9-14/h3-8H,2,9H2,1H3. The van der Waals surface area contributed by atoms with Crippen LogP contribution in [0, 0.1) is 0 Å². The van der Waals surface area contributed by atoms with Gasteiger partial charge in [-0.2, -0.15) is 0 Å². The van der Waals surface area contributed by atoms with E-state index in [9.17, 15) is 8.94 Å². The summed E-state index contributed by atoms with van der Waals surface area (Å²) in [4.78, 5) is 9.03. The fourth-order valence-corrected chi connectivity index (χ4v) is 2.51. The van der Waals surface area contributed by atoms with E-state index >= 15 is 0 Å². The topological polar surface area (TPSA) is 58.1 Å². The molecule has 0 saturated carbocycles. The highest BCUT2D eigenvalue weighted by molar-refractivity contribution is 7.91. The zero-order chi connectivity index (χ0) is 13.7. The molecule has 0 aliphatic heterocycles. The molecule has 1 unspecified atom stereocenters. The summed E-state index contributed by atoms with van der Waals surface area (Å²) in [5.41, 5.74) is 1.16. The van der Waals surface area contributed by atoms with Gasteiger partial charge in [-0.05, 0) is 42.4 Å². The van der Waals surface area contributed by atoms with Crippen molar-refractivity contribution in [3.05, 3.63) is 36.7 Å². The molecule has 6 heteroatoms. The summed E-state index contributed by atoms with van der Waals surface area (Å²) in [5.74, 6) is 0.863. The van der Waals surface area contributed by atoms with E-state index in [0.717, 1.165) is 0 Å². The summed E-state index contributed by atoms with van der Waals surface area (Å²) in [7, 11) is 0. The number of hydrogen-bond donors (Lipinski definition) is 0. The Bertz CT molecular complexity index is 536. The highest BCUT2D eigenvalue weighted by Gasteiger charge is 2.17. The molecule has 19 heavy (non-hydrogen) atoms. The lowest BCUT2D eigenvalue weighted by molar-refractivity contribution is 0.191. The first-order valence-electron chi connectivity index (χ1n) is 5.74. The Balaban J connectivity index is 2.35. The first-order valence-corrected chi connectivity index (χ1v) is 7.06. The number of alkyl halides is 1. The first-order chi connectivity index (χ1) is 9.26. The van der Waals surface area contributed by atoms with Crippen LogP contribution in [0.4, 0.5) is 4.39 Å². The van der Waals surface area contributed by atoms with Crippen molar-refractivity contribution in [1.29, 1.82) is 0 Å². The van der Waals surface area contributed by atoms with E-state index in [1.54, 1.807) is 30.5 Å². The van der Waals surface area contributed by atoms with E-state index in [1.165, 1.54) is 6.20 Å². The average molecular weight is 280 g/mol. The molecular weight excluding hydrogens is 267 g/mol. The van der Waals surface area contributed by atoms with Crippen LogP contribution in [0.2, 0.25) is 0 Å². The molecule has 2 aromatic rings. The van der Waals surface area contributed by atoms with Crippen LogP contribution in [-0.2, 0) is 11.2 Å². The van der Waals surface area contributed by atoms with Gasteiger partial charge in [-0.1, -0.05) is 0 Å². The normalized spacial score (nSPS) is 12.2. The summed E-state index contributed by atoms with van der Waals surface area (Å²) in [6.07, 6.45) is 3.04. The fraction of sp³-hybridized carbons (Fsp3) is 0.231. The molecule has 0 N–H and O–H groups in total. The Morgan fingerprint density at radius 2 is 2.16 bits per heavy atom. The number of aromatic nitrogens is 2. The number of pyridine rings is 2. The van der Waals surface area contributed by atoms with Gasteiger partial charge in [-0.3, -0.25) is 4.98 Å². The molecular formula is C13H13FN2O2S. The third-order valence-corrected chi connectivity index (χ3v) is 3.82. The Morgan fingerprint density at radius 3 is 2.79 bits per heavy atom. The second-order valence-electron chi connectivity index (χ2n) is 3.62. The molecule has 0 spiro atoms. The largest absolute Gasteiger partial charge is 0.611 e. The molecule has 0 saturated heterocycles. The van der Waals surface area contributed by atoms with Gasteiger partial charge in [0.15, 0.2) is 4.90 Å². The van der Waals surface area contributed by atoms with Gasteiger partial charge in [0.25, 0.3) is 0 Å². The summed E-state index contributed by atoms with van der Waals surface area (Å²) in [5, 5.41) is 0. The van der Waals surface area contributed by atoms with Crippen molar-refractivity contribution >= 4 is 11.2 Å². The lowest BCUT2D eigenvalue weighted by Crippen LogP contribution is -2.07. The molecule has 0 amide bonds. The van der Waals surface area contributed by atoms with E-state index < -0.39 is 18.0 Å². The van der Waals surface area contributed by atoms with E-state index in [0.29, 0.717) is 27.8 Å². The van der Waals surface area contributed by atoms with Gasteiger partial charge < -0.3 is 9.29 Å². The molecule has 0 fully saturated rings. The van der Waals surface area contributed by atoms with Crippen LogP contribution >= 0.6 is 0 Å². The Kier molecular flexibility index (Phi) is 4.70. The molecule has 0 aliphatic carbocycles. The maximum Gasteiger partial charge on any atom is 0.228 e. The van der Waals surface area contributed by atoms with Crippen LogP contribution in [0.15, 0.2) is 41.6 Å². The monoisotopic (exact) mass is 280 g/mol. The zero-order valence-electron chi connectivity index (χ0n) is 10.4. The number of rotatable bonds is 5. The van der Waals surface area contributed by atoms with Crippen molar-refractivity contribution in [2.75, 3.05) is 12.6 Å². The lowest BCUT2D eigenvalue weighted by Gasteiger charge is -2.11. The molecule has 0 aliphatic rings. The van der Waals surface area contributed by atoms with Crippen LogP contribution in [0.3, 0.4) is 0 Å². The van der Waals surface area contributed by atoms with Crippen molar-refractivity contribution in [2.24, 2.45) is 0 Å². The molecule has 2 aromatic heterocycles. The molecule has 1 atom stereocenters. The van der Waals surface area contributed by atoms with Crippen molar-refractivity contribution in [3.63, 3.8) is 0 Å². The Hall–Kier alpha value is -1.66. The van der Waals surface area contributed by atoms with Crippen LogP contribution < -0.4 is 4.74 Å². The van der Waals surface area contributed by atoms with Crippen molar-refractivity contribution < 1.29 is 13.7 Å². The predicted molar refractivity (Wildman–Crippen MR) is 71.0 cm³/mol. The number of ether oxygens (including phenoxy) is 1. The molecule has 4 nitrogen and oxygen atoms in total. The van der Waals surface area contributed by atoms with Crippen LogP contribution in [-0.4, -0.2) is 27.1 Å².